The van der Waals surface area contributed by atoms with Gasteiger partial charge in [0.25, 0.3) is 0 Å². The van der Waals surface area contributed by atoms with Crippen LogP contribution < -0.4 is 0 Å². The average Bonchev–Trinajstić information content (AvgIpc) is 2.33. The van der Waals surface area contributed by atoms with Crippen LogP contribution in [0.1, 0.15) is 25.3 Å². The lowest BCUT2D eigenvalue weighted by Crippen LogP contribution is -2.52. The summed E-state index contributed by atoms with van der Waals surface area (Å²) >= 11 is 5.89. The molecule has 0 aromatic heterocycles. The number of aliphatic hydroxyl groups excluding tert-OH is 1. The zero-order chi connectivity index (χ0) is 14.0. The topological polar surface area (TPSA) is 40.5 Å². The number of carbonyl (C=O) groups excluding carboxylic acids is 1. The van der Waals surface area contributed by atoms with Crippen molar-refractivity contribution in [2.24, 2.45) is 5.92 Å². The van der Waals surface area contributed by atoms with Crippen LogP contribution in [-0.4, -0.2) is 41.5 Å². The van der Waals surface area contributed by atoms with Gasteiger partial charge >= 0.3 is 0 Å². The lowest BCUT2D eigenvalue weighted by atomic mass is 9.87. The van der Waals surface area contributed by atoms with Crippen molar-refractivity contribution >= 4 is 17.4 Å². The summed E-state index contributed by atoms with van der Waals surface area (Å²) in [5.74, 6) is 0.111. The molecule has 1 aromatic rings. The summed E-state index contributed by atoms with van der Waals surface area (Å²) in [6, 6.07) is 7.48. The van der Waals surface area contributed by atoms with E-state index in [1.165, 1.54) is 0 Å². The van der Waals surface area contributed by atoms with Crippen LogP contribution in [0.15, 0.2) is 24.3 Å². The molecule has 1 atom stereocenters. The van der Waals surface area contributed by atoms with E-state index in [4.69, 9.17) is 11.6 Å². The first kappa shape index (κ1) is 14.5. The predicted molar refractivity (Wildman–Crippen MR) is 76.5 cm³/mol. The van der Waals surface area contributed by atoms with Gasteiger partial charge < -0.3 is 5.11 Å². The molecule has 104 valence electrons. The zero-order valence-electron chi connectivity index (χ0n) is 11.3. The van der Waals surface area contributed by atoms with Gasteiger partial charge in [-0.2, -0.15) is 0 Å². The third kappa shape index (κ3) is 3.56. The Bertz CT molecular complexity index is 438. The van der Waals surface area contributed by atoms with Crippen molar-refractivity contribution in [1.29, 1.82) is 0 Å². The Kier molecular flexibility index (Phi) is 4.61. The van der Waals surface area contributed by atoms with Crippen molar-refractivity contribution in [2.75, 3.05) is 19.6 Å². The lowest BCUT2D eigenvalue weighted by Gasteiger charge is -2.38. The van der Waals surface area contributed by atoms with E-state index in [1.807, 2.05) is 38.1 Å². The molecule has 0 radical (unpaired) electrons. The number of halogens is 1. The first-order chi connectivity index (χ1) is 8.97. The average molecular weight is 282 g/mol. The van der Waals surface area contributed by atoms with Crippen LogP contribution in [0.3, 0.4) is 0 Å². The summed E-state index contributed by atoms with van der Waals surface area (Å²) in [7, 11) is 0. The zero-order valence-corrected chi connectivity index (χ0v) is 12.1. The van der Waals surface area contributed by atoms with Crippen LogP contribution >= 0.6 is 11.6 Å². The van der Waals surface area contributed by atoms with Gasteiger partial charge in [0, 0.05) is 30.6 Å². The fourth-order valence-electron chi connectivity index (χ4n) is 2.41. The summed E-state index contributed by atoms with van der Waals surface area (Å²) < 4.78 is 0. The highest BCUT2D eigenvalue weighted by atomic mass is 35.5. The van der Waals surface area contributed by atoms with E-state index in [-0.39, 0.29) is 23.7 Å². The van der Waals surface area contributed by atoms with E-state index in [0.29, 0.717) is 24.7 Å². The quantitative estimate of drug-likeness (QED) is 0.900. The number of ketones is 1. The molecule has 4 heteroatoms. The predicted octanol–water partition coefficient (Wildman–Crippen LogP) is 2.33. The standard InChI is InChI=1S/C15H20ClNO2/c1-10(2)15(19)14(9-17-7-13(18)8-17)11-3-5-12(16)6-4-11/h3-6,10,13-14,18H,7-9H2,1-2H3. The molecule has 1 aromatic carbocycles. The van der Waals surface area contributed by atoms with Gasteiger partial charge in [-0.05, 0) is 17.7 Å². The molecule has 0 saturated carbocycles. The molecule has 1 fully saturated rings. The molecular weight excluding hydrogens is 262 g/mol. The summed E-state index contributed by atoms with van der Waals surface area (Å²) in [6.07, 6.45) is -0.236. The highest BCUT2D eigenvalue weighted by Gasteiger charge is 2.31. The number of Topliss-reactive ketones (excluding diaryl/α,β-unsaturated/α-hetero) is 1. The van der Waals surface area contributed by atoms with E-state index < -0.39 is 0 Å². The number of carbonyl (C=O) groups is 1. The second-order valence-electron chi connectivity index (χ2n) is 5.53. The van der Waals surface area contributed by atoms with Crippen molar-refractivity contribution in [3.05, 3.63) is 34.9 Å². The van der Waals surface area contributed by atoms with E-state index in [1.54, 1.807) is 0 Å². The van der Waals surface area contributed by atoms with Gasteiger partial charge in [-0.25, -0.2) is 0 Å². The van der Waals surface area contributed by atoms with Crippen molar-refractivity contribution < 1.29 is 9.90 Å². The van der Waals surface area contributed by atoms with Gasteiger partial charge in [-0.3, -0.25) is 9.69 Å². The highest BCUT2D eigenvalue weighted by Crippen LogP contribution is 2.25. The Morgan fingerprint density at radius 1 is 1.37 bits per heavy atom. The Hall–Kier alpha value is -0.900. The van der Waals surface area contributed by atoms with Gasteiger partial charge in [-0.1, -0.05) is 37.6 Å². The van der Waals surface area contributed by atoms with Gasteiger partial charge in [0.2, 0.25) is 0 Å². The number of hydrogen-bond donors (Lipinski definition) is 1. The molecule has 0 amide bonds. The summed E-state index contributed by atoms with van der Waals surface area (Å²) in [5.41, 5.74) is 1.00. The number of hydrogen-bond acceptors (Lipinski definition) is 3. The van der Waals surface area contributed by atoms with E-state index in [2.05, 4.69) is 4.90 Å². The van der Waals surface area contributed by atoms with Gasteiger partial charge in [0.15, 0.2) is 0 Å². The number of benzene rings is 1. The third-order valence-electron chi connectivity index (χ3n) is 3.56. The summed E-state index contributed by atoms with van der Waals surface area (Å²) in [4.78, 5) is 14.5. The molecule has 1 aliphatic heterocycles. The smallest absolute Gasteiger partial charge is 0.144 e. The summed E-state index contributed by atoms with van der Waals surface area (Å²) in [5, 5.41) is 10.0. The van der Waals surface area contributed by atoms with Crippen LogP contribution in [-0.2, 0) is 4.79 Å². The van der Waals surface area contributed by atoms with Gasteiger partial charge in [0.1, 0.15) is 5.78 Å². The second-order valence-corrected chi connectivity index (χ2v) is 5.97. The molecule has 0 bridgehead atoms. The second kappa shape index (κ2) is 6.04. The summed E-state index contributed by atoms with van der Waals surface area (Å²) in [6.45, 7) is 5.85. The van der Waals surface area contributed by atoms with Crippen LogP contribution in [0.4, 0.5) is 0 Å². The molecule has 2 rings (SSSR count). The maximum atomic E-state index is 12.4. The molecule has 19 heavy (non-hydrogen) atoms. The van der Waals surface area contributed by atoms with E-state index in [0.717, 1.165) is 5.56 Å². The molecular formula is C15H20ClNO2. The van der Waals surface area contributed by atoms with Crippen LogP contribution in [0, 0.1) is 5.92 Å². The third-order valence-corrected chi connectivity index (χ3v) is 3.82. The largest absolute Gasteiger partial charge is 0.390 e. The number of rotatable bonds is 5. The first-order valence-electron chi connectivity index (χ1n) is 6.67. The first-order valence-corrected chi connectivity index (χ1v) is 7.04. The lowest BCUT2D eigenvalue weighted by molar-refractivity contribution is -0.124. The molecule has 1 heterocycles. The maximum absolute atomic E-state index is 12.4. The van der Waals surface area contributed by atoms with Crippen molar-refractivity contribution in [2.45, 2.75) is 25.9 Å². The SMILES string of the molecule is CC(C)C(=O)C(CN1CC(O)C1)c1ccc(Cl)cc1. The Morgan fingerprint density at radius 2 is 1.95 bits per heavy atom. The Morgan fingerprint density at radius 3 is 2.42 bits per heavy atom. The normalized spacial score (nSPS) is 18.4. The molecule has 1 aliphatic rings. The van der Waals surface area contributed by atoms with Gasteiger partial charge in [-0.15, -0.1) is 0 Å². The minimum Gasteiger partial charge on any atom is -0.390 e. The molecule has 3 nitrogen and oxygen atoms in total. The van der Waals surface area contributed by atoms with Crippen LogP contribution in [0.5, 0.6) is 0 Å². The minimum atomic E-state index is -0.236. The molecule has 0 spiro atoms. The van der Waals surface area contributed by atoms with Crippen molar-refractivity contribution in [3.8, 4) is 0 Å². The Balaban J connectivity index is 2.13. The Labute approximate surface area is 119 Å². The molecule has 1 saturated heterocycles. The number of aliphatic hydroxyl groups is 1. The van der Waals surface area contributed by atoms with E-state index >= 15 is 0 Å². The number of likely N-dealkylation sites (tertiary alicyclic amines) is 1. The number of β-amino-alcohol motifs (C(OH)–C–C–N with tert-alkyl or cyclic N) is 1. The maximum Gasteiger partial charge on any atom is 0.144 e. The van der Waals surface area contributed by atoms with Crippen molar-refractivity contribution in [3.63, 3.8) is 0 Å². The monoisotopic (exact) mass is 281 g/mol. The molecule has 1 unspecified atom stereocenters. The fraction of sp³-hybridized carbons (Fsp3) is 0.533. The minimum absolute atomic E-state index is 0.00637. The highest BCUT2D eigenvalue weighted by molar-refractivity contribution is 6.30. The van der Waals surface area contributed by atoms with Crippen LogP contribution in [0.25, 0.3) is 0 Å². The fourth-order valence-corrected chi connectivity index (χ4v) is 2.53. The van der Waals surface area contributed by atoms with Crippen molar-refractivity contribution in [1.82, 2.24) is 4.90 Å². The van der Waals surface area contributed by atoms with E-state index in [9.17, 15) is 9.90 Å². The molecule has 0 aliphatic carbocycles. The van der Waals surface area contributed by atoms with Gasteiger partial charge in [0.05, 0.1) is 12.0 Å². The molecule has 1 N–H and O–H groups in total. The number of nitrogens with zero attached hydrogens (tertiary/aromatic N) is 1. The van der Waals surface area contributed by atoms with Crippen LogP contribution in [0.2, 0.25) is 5.02 Å².